The smallest absolute Gasteiger partial charge is 0.315 e. The second-order valence-corrected chi connectivity index (χ2v) is 3.11. The van der Waals surface area contributed by atoms with E-state index in [2.05, 4.69) is 20.3 Å². The van der Waals surface area contributed by atoms with Crippen molar-refractivity contribution in [2.75, 3.05) is 11.9 Å². The molecule has 0 aromatic carbocycles. The van der Waals surface area contributed by atoms with Crippen LogP contribution in [-0.2, 0) is 14.3 Å². The third kappa shape index (κ3) is 3.48. The van der Waals surface area contributed by atoms with Gasteiger partial charge in [0.15, 0.2) is 0 Å². The van der Waals surface area contributed by atoms with Crippen LogP contribution in [0.15, 0.2) is 5.51 Å². The topological polar surface area (TPSA) is 81.2 Å². The van der Waals surface area contributed by atoms with E-state index in [9.17, 15) is 9.59 Å². The van der Waals surface area contributed by atoms with Crippen LogP contribution in [0.1, 0.15) is 13.3 Å². The quantitative estimate of drug-likeness (QED) is 0.581. The highest BCUT2D eigenvalue weighted by Gasteiger charge is 2.11. The summed E-state index contributed by atoms with van der Waals surface area (Å²) < 4.78 is 4.60. The van der Waals surface area contributed by atoms with Gasteiger partial charge in [0.05, 0.1) is 6.61 Å². The molecule has 6 nitrogen and oxygen atoms in total. The minimum absolute atomic E-state index is 0.269. The Morgan fingerprint density at radius 2 is 2.43 bits per heavy atom. The van der Waals surface area contributed by atoms with E-state index in [0.29, 0.717) is 5.13 Å². The van der Waals surface area contributed by atoms with Crippen molar-refractivity contribution in [3.63, 3.8) is 0 Å². The molecular weight excluding hydrogens is 206 g/mol. The summed E-state index contributed by atoms with van der Waals surface area (Å²) in [7, 11) is 0. The second kappa shape index (κ2) is 5.28. The Morgan fingerprint density at radius 3 is 3.00 bits per heavy atom. The maximum absolute atomic E-state index is 11.1. The summed E-state index contributed by atoms with van der Waals surface area (Å²) in [6.45, 7) is 1.95. The molecule has 14 heavy (non-hydrogen) atoms. The number of nitrogens with zero attached hydrogens (tertiary/aromatic N) is 2. The third-order valence-electron chi connectivity index (χ3n) is 1.22. The molecule has 7 heteroatoms. The van der Waals surface area contributed by atoms with Gasteiger partial charge in [-0.1, -0.05) is 11.3 Å². The summed E-state index contributed by atoms with van der Waals surface area (Å²) in [6.07, 6.45) is -0.298. The van der Waals surface area contributed by atoms with E-state index in [1.54, 1.807) is 6.92 Å². The number of carbonyl (C=O) groups excluding carboxylic acids is 2. The molecule has 0 radical (unpaired) electrons. The van der Waals surface area contributed by atoms with Gasteiger partial charge in [0, 0.05) is 0 Å². The fraction of sp³-hybridized carbons (Fsp3) is 0.429. The van der Waals surface area contributed by atoms with Crippen molar-refractivity contribution in [3.8, 4) is 0 Å². The zero-order valence-corrected chi connectivity index (χ0v) is 8.34. The van der Waals surface area contributed by atoms with E-state index in [1.165, 1.54) is 16.8 Å². The zero-order valence-electron chi connectivity index (χ0n) is 7.52. The highest BCUT2D eigenvalue weighted by Crippen LogP contribution is 2.08. The lowest BCUT2D eigenvalue weighted by atomic mass is 10.4. The summed E-state index contributed by atoms with van der Waals surface area (Å²) in [4.78, 5) is 22.0. The number of aromatic nitrogens is 2. The Morgan fingerprint density at radius 1 is 1.64 bits per heavy atom. The summed E-state index contributed by atoms with van der Waals surface area (Å²) in [6, 6.07) is 0. The average Bonchev–Trinajstić information content (AvgIpc) is 2.56. The number of rotatable bonds is 4. The number of nitrogens with one attached hydrogen (secondary N) is 1. The van der Waals surface area contributed by atoms with Gasteiger partial charge in [0.25, 0.3) is 0 Å². The fourth-order valence-electron chi connectivity index (χ4n) is 0.734. The molecule has 1 aromatic rings. The lowest BCUT2D eigenvalue weighted by molar-refractivity contribution is -0.145. The SMILES string of the molecule is CCOC(=O)CC(=O)Nc1nncs1. The van der Waals surface area contributed by atoms with Crippen molar-refractivity contribution in [3.05, 3.63) is 5.51 Å². The Balaban J connectivity index is 2.33. The van der Waals surface area contributed by atoms with E-state index < -0.39 is 11.9 Å². The van der Waals surface area contributed by atoms with E-state index in [1.807, 2.05) is 0 Å². The monoisotopic (exact) mass is 215 g/mol. The number of esters is 1. The van der Waals surface area contributed by atoms with Gasteiger partial charge in [-0.05, 0) is 6.92 Å². The van der Waals surface area contributed by atoms with Gasteiger partial charge in [-0.2, -0.15) is 0 Å². The number of hydrogen-bond donors (Lipinski definition) is 1. The van der Waals surface area contributed by atoms with Crippen LogP contribution in [0.25, 0.3) is 0 Å². The molecule has 1 aromatic heterocycles. The van der Waals surface area contributed by atoms with Crippen LogP contribution in [0, 0.1) is 0 Å². The molecule has 0 bridgehead atoms. The van der Waals surface area contributed by atoms with Crippen LogP contribution in [0.2, 0.25) is 0 Å². The fourth-order valence-corrected chi connectivity index (χ4v) is 1.20. The largest absolute Gasteiger partial charge is 0.466 e. The van der Waals surface area contributed by atoms with Crippen LogP contribution in [-0.4, -0.2) is 28.7 Å². The molecule has 0 fully saturated rings. The maximum Gasteiger partial charge on any atom is 0.315 e. The standard InChI is InChI=1S/C7H9N3O3S/c1-2-13-6(12)3-5(11)9-7-10-8-4-14-7/h4H,2-3H2,1H3,(H,9,10,11). The first-order valence-electron chi connectivity index (χ1n) is 3.94. The van der Waals surface area contributed by atoms with E-state index in [0.717, 1.165) is 0 Å². The zero-order chi connectivity index (χ0) is 10.4. The summed E-state index contributed by atoms with van der Waals surface area (Å²) in [5.74, 6) is -0.991. The predicted octanol–water partition coefficient (Wildman–Crippen LogP) is 0.430. The van der Waals surface area contributed by atoms with Crippen molar-refractivity contribution >= 4 is 28.3 Å². The van der Waals surface area contributed by atoms with E-state index in [4.69, 9.17) is 0 Å². The molecule has 0 aliphatic carbocycles. The molecule has 0 unspecified atom stereocenters. The van der Waals surface area contributed by atoms with Gasteiger partial charge in [-0.3, -0.25) is 9.59 Å². The van der Waals surface area contributed by atoms with Crippen LogP contribution in [0.3, 0.4) is 0 Å². The van der Waals surface area contributed by atoms with E-state index in [-0.39, 0.29) is 13.0 Å². The first-order valence-corrected chi connectivity index (χ1v) is 4.82. The van der Waals surface area contributed by atoms with Gasteiger partial charge >= 0.3 is 5.97 Å². The molecule has 0 spiro atoms. The molecule has 1 heterocycles. The van der Waals surface area contributed by atoms with Crippen molar-refractivity contribution in [2.45, 2.75) is 13.3 Å². The van der Waals surface area contributed by atoms with Crippen LogP contribution < -0.4 is 5.32 Å². The van der Waals surface area contributed by atoms with E-state index >= 15 is 0 Å². The van der Waals surface area contributed by atoms with Crippen molar-refractivity contribution in [1.29, 1.82) is 0 Å². The van der Waals surface area contributed by atoms with Gasteiger partial charge in [0.2, 0.25) is 11.0 Å². The molecule has 0 aliphatic heterocycles. The van der Waals surface area contributed by atoms with Crippen molar-refractivity contribution in [1.82, 2.24) is 10.2 Å². The first-order chi connectivity index (χ1) is 6.72. The van der Waals surface area contributed by atoms with Crippen molar-refractivity contribution < 1.29 is 14.3 Å². The minimum Gasteiger partial charge on any atom is -0.466 e. The Bertz CT molecular complexity index is 312. The number of amides is 1. The highest BCUT2D eigenvalue weighted by molar-refractivity contribution is 7.13. The molecule has 0 atom stereocenters. The first kappa shape index (κ1) is 10.6. The second-order valence-electron chi connectivity index (χ2n) is 2.27. The molecule has 1 rings (SSSR count). The Hall–Kier alpha value is -1.50. The maximum atomic E-state index is 11.1. The molecule has 0 saturated heterocycles. The normalized spacial score (nSPS) is 9.50. The van der Waals surface area contributed by atoms with Gasteiger partial charge in [-0.15, -0.1) is 10.2 Å². The van der Waals surface area contributed by atoms with Crippen LogP contribution in [0.4, 0.5) is 5.13 Å². The predicted molar refractivity (Wildman–Crippen MR) is 49.8 cm³/mol. The summed E-state index contributed by atoms with van der Waals surface area (Å²) in [5, 5.41) is 9.91. The molecule has 0 aliphatic rings. The molecule has 76 valence electrons. The highest BCUT2D eigenvalue weighted by atomic mass is 32.1. The Labute approximate surface area is 84.3 Å². The molecule has 1 amide bonds. The number of hydrogen-bond acceptors (Lipinski definition) is 6. The number of ether oxygens (including phenoxy) is 1. The minimum atomic E-state index is -0.547. The van der Waals surface area contributed by atoms with Crippen molar-refractivity contribution in [2.24, 2.45) is 0 Å². The van der Waals surface area contributed by atoms with Crippen LogP contribution >= 0.6 is 11.3 Å². The Kier molecular flexibility index (Phi) is 3.99. The number of carbonyl (C=O) groups is 2. The van der Waals surface area contributed by atoms with Crippen LogP contribution in [0.5, 0.6) is 0 Å². The lowest BCUT2D eigenvalue weighted by Crippen LogP contribution is -2.18. The van der Waals surface area contributed by atoms with Gasteiger partial charge in [-0.25, -0.2) is 0 Å². The number of anilines is 1. The molecule has 1 N–H and O–H groups in total. The molecule has 0 saturated carbocycles. The lowest BCUT2D eigenvalue weighted by Gasteiger charge is -2.00. The van der Waals surface area contributed by atoms with Gasteiger partial charge < -0.3 is 10.1 Å². The summed E-state index contributed by atoms with van der Waals surface area (Å²) >= 11 is 1.19. The third-order valence-corrected chi connectivity index (χ3v) is 1.82. The summed E-state index contributed by atoms with van der Waals surface area (Å²) in [5.41, 5.74) is 1.49. The van der Waals surface area contributed by atoms with Gasteiger partial charge in [0.1, 0.15) is 11.9 Å². The molecular formula is C7H9N3O3S. The average molecular weight is 215 g/mol.